The van der Waals surface area contributed by atoms with Crippen LogP contribution in [0.15, 0.2) is 48.5 Å². The van der Waals surface area contributed by atoms with E-state index >= 15 is 0 Å². The molecule has 0 bridgehead atoms. The third kappa shape index (κ3) is 5.68. The van der Waals surface area contributed by atoms with Gasteiger partial charge in [-0.15, -0.1) is 0 Å². The minimum Gasteiger partial charge on any atom is -0.494 e. The fraction of sp³-hybridized carbons (Fsp3) is 0.316. The van der Waals surface area contributed by atoms with Gasteiger partial charge in [-0.3, -0.25) is 9.10 Å². The molecular weight excluding hydrogens is 371 g/mol. The van der Waals surface area contributed by atoms with Gasteiger partial charge in [-0.05, 0) is 55.8 Å². The lowest BCUT2D eigenvalue weighted by Gasteiger charge is -2.28. The first kappa shape index (κ1) is 20.7. The number of halogens is 1. The summed E-state index contributed by atoms with van der Waals surface area (Å²) in [6.45, 7) is 4.03. The van der Waals surface area contributed by atoms with Crippen LogP contribution in [0.25, 0.3) is 0 Å². The highest BCUT2D eigenvalue weighted by molar-refractivity contribution is 7.92. The highest BCUT2D eigenvalue weighted by Gasteiger charge is 2.29. The van der Waals surface area contributed by atoms with E-state index in [1.807, 2.05) is 6.92 Å². The Morgan fingerprint density at radius 3 is 2.26 bits per heavy atom. The molecule has 2 rings (SSSR count). The molecule has 2 aromatic rings. The van der Waals surface area contributed by atoms with Crippen LogP contribution in [0.1, 0.15) is 19.4 Å². The average Bonchev–Trinajstić information content (AvgIpc) is 2.61. The summed E-state index contributed by atoms with van der Waals surface area (Å²) in [5, 5.41) is 2.68. The molecule has 6 nitrogen and oxygen atoms in total. The average molecular weight is 394 g/mol. The highest BCUT2D eigenvalue weighted by atomic mass is 32.2. The molecule has 1 atom stereocenters. The molecule has 0 aliphatic carbocycles. The van der Waals surface area contributed by atoms with Gasteiger partial charge in [-0.2, -0.15) is 0 Å². The third-order valence-electron chi connectivity index (χ3n) is 3.87. The number of rotatable bonds is 8. The van der Waals surface area contributed by atoms with E-state index in [2.05, 4.69) is 5.32 Å². The van der Waals surface area contributed by atoms with Crippen LogP contribution in [0.2, 0.25) is 0 Å². The van der Waals surface area contributed by atoms with E-state index < -0.39 is 22.0 Å². The maximum absolute atomic E-state index is 12.9. The van der Waals surface area contributed by atoms with E-state index in [1.165, 1.54) is 19.1 Å². The summed E-state index contributed by atoms with van der Waals surface area (Å²) in [5.41, 5.74) is 1.08. The Bertz CT molecular complexity index is 868. The second-order valence-corrected chi connectivity index (χ2v) is 7.87. The van der Waals surface area contributed by atoms with Crippen molar-refractivity contribution >= 4 is 21.6 Å². The highest BCUT2D eigenvalue weighted by Crippen LogP contribution is 2.24. The zero-order chi connectivity index (χ0) is 20.0. The molecule has 2 aromatic carbocycles. The molecule has 0 fully saturated rings. The largest absolute Gasteiger partial charge is 0.494 e. The molecule has 1 unspecified atom stereocenters. The predicted octanol–water partition coefficient (Wildman–Crippen LogP) is 2.70. The van der Waals surface area contributed by atoms with Crippen LogP contribution in [0.5, 0.6) is 5.75 Å². The molecule has 146 valence electrons. The standard InChI is InChI=1S/C19H23FN2O4S/c1-4-26-18-11-9-17(10-12-18)22(27(3,24)25)14(2)19(23)21-13-15-5-7-16(20)8-6-15/h5-12,14H,4,13H2,1-3H3,(H,21,23). The van der Waals surface area contributed by atoms with Crippen molar-refractivity contribution in [2.24, 2.45) is 0 Å². The zero-order valence-electron chi connectivity index (χ0n) is 15.5. The summed E-state index contributed by atoms with van der Waals surface area (Å²) in [7, 11) is -3.69. The molecule has 0 radical (unpaired) electrons. The van der Waals surface area contributed by atoms with E-state index in [4.69, 9.17) is 4.74 Å². The predicted molar refractivity (Wildman–Crippen MR) is 103 cm³/mol. The number of amides is 1. The number of sulfonamides is 1. The first-order valence-corrected chi connectivity index (χ1v) is 10.3. The number of hydrogen-bond donors (Lipinski definition) is 1. The van der Waals surface area contributed by atoms with Crippen molar-refractivity contribution in [3.63, 3.8) is 0 Å². The fourth-order valence-corrected chi connectivity index (χ4v) is 3.78. The van der Waals surface area contributed by atoms with Crippen LogP contribution < -0.4 is 14.4 Å². The van der Waals surface area contributed by atoms with Crippen molar-refractivity contribution < 1.29 is 22.3 Å². The van der Waals surface area contributed by atoms with Gasteiger partial charge in [0.05, 0.1) is 18.6 Å². The summed E-state index contributed by atoms with van der Waals surface area (Å²) in [6, 6.07) is 11.2. The van der Waals surface area contributed by atoms with E-state index in [-0.39, 0.29) is 12.4 Å². The SMILES string of the molecule is CCOc1ccc(N(C(C)C(=O)NCc2ccc(F)cc2)S(C)(=O)=O)cc1. The van der Waals surface area contributed by atoms with Crippen molar-refractivity contribution in [1.82, 2.24) is 5.32 Å². The topological polar surface area (TPSA) is 75.7 Å². The molecule has 27 heavy (non-hydrogen) atoms. The van der Waals surface area contributed by atoms with E-state index in [1.54, 1.807) is 36.4 Å². The van der Waals surface area contributed by atoms with Crippen molar-refractivity contribution in [3.8, 4) is 5.75 Å². The van der Waals surface area contributed by atoms with Gasteiger partial charge in [-0.1, -0.05) is 12.1 Å². The summed E-state index contributed by atoms with van der Waals surface area (Å²) >= 11 is 0. The number of hydrogen-bond acceptors (Lipinski definition) is 4. The van der Waals surface area contributed by atoms with Gasteiger partial charge in [-0.25, -0.2) is 12.8 Å². The monoisotopic (exact) mass is 394 g/mol. The van der Waals surface area contributed by atoms with Crippen LogP contribution in [0.4, 0.5) is 10.1 Å². The lowest BCUT2D eigenvalue weighted by Crippen LogP contribution is -2.47. The third-order valence-corrected chi connectivity index (χ3v) is 5.11. The molecule has 1 N–H and O–H groups in total. The number of nitrogens with zero attached hydrogens (tertiary/aromatic N) is 1. The second-order valence-electron chi connectivity index (χ2n) is 6.01. The number of carbonyl (C=O) groups is 1. The second kappa shape index (κ2) is 8.85. The lowest BCUT2D eigenvalue weighted by molar-refractivity contribution is -0.122. The van der Waals surface area contributed by atoms with E-state index in [0.29, 0.717) is 23.6 Å². The molecule has 0 saturated heterocycles. The maximum atomic E-state index is 12.9. The molecule has 0 aliphatic rings. The normalized spacial score (nSPS) is 12.3. The summed E-state index contributed by atoms with van der Waals surface area (Å²) in [6.07, 6.45) is 1.05. The van der Waals surface area contributed by atoms with Gasteiger partial charge in [0, 0.05) is 6.54 Å². The van der Waals surface area contributed by atoms with Crippen molar-refractivity contribution in [2.45, 2.75) is 26.4 Å². The Morgan fingerprint density at radius 1 is 1.15 bits per heavy atom. The molecule has 0 heterocycles. The van der Waals surface area contributed by atoms with Gasteiger partial charge in [0.15, 0.2) is 0 Å². The number of nitrogens with one attached hydrogen (secondary N) is 1. The smallest absolute Gasteiger partial charge is 0.243 e. The number of benzene rings is 2. The molecule has 8 heteroatoms. The molecule has 0 aliphatic heterocycles. The first-order chi connectivity index (χ1) is 12.7. The minimum absolute atomic E-state index is 0.171. The Balaban J connectivity index is 2.15. The quantitative estimate of drug-likeness (QED) is 0.747. The van der Waals surface area contributed by atoms with Crippen LogP contribution >= 0.6 is 0 Å². The summed E-state index contributed by atoms with van der Waals surface area (Å²) in [4.78, 5) is 12.5. The first-order valence-electron chi connectivity index (χ1n) is 8.46. The van der Waals surface area contributed by atoms with Gasteiger partial charge < -0.3 is 10.1 Å². The summed E-state index contributed by atoms with van der Waals surface area (Å²) in [5.74, 6) is -0.209. The number of anilines is 1. The van der Waals surface area contributed by atoms with Gasteiger partial charge in [0.25, 0.3) is 0 Å². The Kier molecular flexibility index (Phi) is 6.79. The minimum atomic E-state index is -3.69. The van der Waals surface area contributed by atoms with Crippen LogP contribution in [-0.4, -0.2) is 33.2 Å². The Labute approximate surface area is 159 Å². The van der Waals surface area contributed by atoms with E-state index in [0.717, 1.165) is 10.6 Å². The van der Waals surface area contributed by atoms with Crippen molar-refractivity contribution in [1.29, 1.82) is 0 Å². The molecule has 0 spiro atoms. The summed E-state index contributed by atoms with van der Waals surface area (Å²) < 4.78 is 43.9. The van der Waals surface area contributed by atoms with E-state index in [9.17, 15) is 17.6 Å². The van der Waals surface area contributed by atoms with Gasteiger partial charge in [0.2, 0.25) is 15.9 Å². The van der Waals surface area contributed by atoms with Gasteiger partial charge in [0.1, 0.15) is 17.6 Å². The molecule has 0 aromatic heterocycles. The molecule has 0 saturated carbocycles. The van der Waals surface area contributed by atoms with Gasteiger partial charge >= 0.3 is 0 Å². The molecule has 1 amide bonds. The fourth-order valence-electron chi connectivity index (χ4n) is 2.60. The zero-order valence-corrected chi connectivity index (χ0v) is 16.3. The number of ether oxygens (including phenoxy) is 1. The Morgan fingerprint density at radius 2 is 1.74 bits per heavy atom. The maximum Gasteiger partial charge on any atom is 0.243 e. The van der Waals surface area contributed by atoms with Crippen molar-refractivity contribution in [2.75, 3.05) is 17.2 Å². The van der Waals surface area contributed by atoms with Crippen molar-refractivity contribution in [3.05, 3.63) is 59.9 Å². The van der Waals surface area contributed by atoms with Crippen LogP contribution in [-0.2, 0) is 21.4 Å². The molecular formula is C19H23FN2O4S. The Hall–Kier alpha value is -2.61. The van der Waals surface area contributed by atoms with Crippen LogP contribution in [0.3, 0.4) is 0 Å². The number of carbonyl (C=O) groups excluding carboxylic acids is 1. The van der Waals surface area contributed by atoms with Crippen LogP contribution in [0, 0.1) is 5.82 Å². The lowest BCUT2D eigenvalue weighted by atomic mass is 10.2.